The van der Waals surface area contributed by atoms with Gasteiger partial charge in [0.25, 0.3) is 0 Å². The number of halogens is 1. The molecule has 0 spiro atoms. The van der Waals surface area contributed by atoms with Crippen molar-refractivity contribution in [3.63, 3.8) is 0 Å². The number of methoxy groups -OCH3 is 1. The number of anilines is 1. The smallest absolute Gasteiger partial charge is 0.240 e. The lowest BCUT2D eigenvalue weighted by atomic mass is 10.2. The first-order valence-corrected chi connectivity index (χ1v) is 10.4. The van der Waals surface area contributed by atoms with Gasteiger partial charge in [0.05, 0.1) is 17.8 Å². The molecule has 2 aromatic rings. The molecule has 1 atom stereocenters. The van der Waals surface area contributed by atoms with Gasteiger partial charge in [-0.1, -0.05) is 29.5 Å². The summed E-state index contributed by atoms with van der Waals surface area (Å²) in [5, 5.41) is 13.3. The van der Waals surface area contributed by atoms with Crippen LogP contribution in [0.25, 0.3) is 0 Å². The predicted molar refractivity (Wildman–Crippen MR) is 120 cm³/mol. The van der Waals surface area contributed by atoms with Crippen molar-refractivity contribution in [3.8, 4) is 5.75 Å². The maximum atomic E-state index is 12.2. The molecule has 0 radical (unpaired) electrons. The molecule has 150 valence electrons. The number of amidine groups is 1. The normalized spacial score (nSPS) is 17.6. The molecule has 1 aliphatic rings. The fourth-order valence-corrected chi connectivity index (χ4v) is 4.00. The van der Waals surface area contributed by atoms with Gasteiger partial charge in [-0.2, -0.15) is 5.10 Å². The van der Waals surface area contributed by atoms with E-state index in [0.29, 0.717) is 10.9 Å². The minimum atomic E-state index is -0.537. The third-order valence-electron chi connectivity index (χ3n) is 4.01. The van der Waals surface area contributed by atoms with Crippen molar-refractivity contribution in [2.75, 3.05) is 12.4 Å². The zero-order valence-corrected chi connectivity index (χ0v) is 18.2. The topological polar surface area (TPSA) is 92.2 Å². The van der Waals surface area contributed by atoms with Crippen molar-refractivity contribution in [1.82, 2.24) is 5.32 Å². The molecular weight excluding hydrogens is 456 g/mol. The van der Waals surface area contributed by atoms with E-state index in [1.807, 2.05) is 49.4 Å². The van der Waals surface area contributed by atoms with Crippen LogP contribution in [-0.4, -0.2) is 35.6 Å². The van der Waals surface area contributed by atoms with Crippen molar-refractivity contribution in [2.24, 2.45) is 10.2 Å². The van der Waals surface area contributed by atoms with Gasteiger partial charge in [-0.25, -0.2) is 0 Å². The van der Waals surface area contributed by atoms with Crippen molar-refractivity contribution in [1.29, 1.82) is 0 Å². The summed E-state index contributed by atoms with van der Waals surface area (Å²) in [6.45, 7) is 1.97. The Kier molecular flexibility index (Phi) is 7.05. The maximum Gasteiger partial charge on any atom is 0.240 e. The number of aryl methyl sites for hydroxylation is 1. The summed E-state index contributed by atoms with van der Waals surface area (Å²) in [5.41, 5.74) is 2.63. The third kappa shape index (κ3) is 5.91. The molecule has 0 aromatic heterocycles. The number of hydrogen-bond acceptors (Lipinski definition) is 6. The van der Waals surface area contributed by atoms with Gasteiger partial charge in [-0.15, -0.1) is 5.10 Å². The molecule has 7 nitrogen and oxygen atoms in total. The molecule has 1 saturated heterocycles. The van der Waals surface area contributed by atoms with Crippen molar-refractivity contribution < 1.29 is 14.3 Å². The first kappa shape index (κ1) is 21.1. The SMILES string of the molecule is COc1ccc(/C=N\N=C2\NC(=O)[C@@H](CC(=O)Nc3ccc(C)cc3)S2)cc1Br. The van der Waals surface area contributed by atoms with Gasteiger partial charge < -0.3 is 15.4 Å². The number of thioether (sulfide) groups is 1. The van der Waals surface area contributed by atoms with Crippen LogP contribution < -0.4 is 15.4 Å². The largest absolute Gasteiger partial charge is 0.496 e. The number of carbonyl (C=O) groups excluding carboxylic acids is 2. The zero-order valence-electron chi connectivity index (χ0n) is 15.8. The summed E-state index contributed by atoms with van der Waals surface area (Å²) in [4.78, 5) is 24.3. The van der Waals surface area contributed by atoms with E-state index in [9.17, 15) is 9.59 Å². The fourth-order valence-electron chi connectivity index (χ4n) is 2.51. The molecule has 2 amide bonds. The fraction of sp³-hybridized carbons (Fsp3) is 0.200. The summed E-state index contributed by atoms with van der Waals surface area (Å²) >= 11 is 4.60. The lowest BCUT2D eigenvalue weighted by molar-refractivity contribution is -0.122. The Balaban J connectivity index is 1.55. The average Bonchev–Trinajstić information content (AvgIpc) is 3.03. The Morgan fingerprint density at radius 1 is 1.31 bits per heavy atom. The van der Waals surface area contributed by atoms with E-state index >= 15 is 0 Å². The summed E-state index contributed by atoms with van der Waals surface area (Å²) < 4.78 is 5.99. The van der Waals surface area contributed by atoms with Gasteiger partial charge >= 0.3 is 0 Å². The van der Waals surface area contributed by atoms with Crippen LogP contribution in [0, 0.1) is 6.92 Å². The van der Waals surface area contributed by atoms with Crippen LogP contribution in [0.3, 0.4) is 0 Å². The minimum Gasteiger partial charge on any atom is -0.496 e. The van der Waals surface area contributed by atoms with Gasteiger partial charge in [0.1, 0.15) is 11.0 Å². The molecule has 1 aliphatic heterocycles. The van der Waals surface area contributed by atoms with Crippen LogP contribution in [0.15, 0.2) is 57.1 Å². The third-order valence-corrected chi connectivity index (χ3v) is 5.71. The number of ether oxygens (including phenoxy) is 1. The number of carbonyl (C=O) groups is 2. The molecular formula is C20H19BrN4O3S. The molecule has 2 N–H and O–H groups in total. The van der Waals surface area contributed by atoms with Crippen LogP contribution in [0.4, 0.5) is 5.69 Å². The number of nitrogens with one attached hydrogen (secondary N) is 2. The lowest BCUT2D eigenvalue weighted by Gasteiger charge is -2.07. The summed E-state index contributed by atoms with van der Waals surface area (Å²) in [7, 11) is 1.59. The Hall–Kier alpha value is -2.65. The first-order chi connectivity index (χ1) is 13.9. The summed E-state index contributed by atoms with van der Waals surface area (Å²) in [6.07, 6.45) is 1.62. The van der Waals surface area contributed by atoms with E-state index in [0.717, 1.165) is 21.3 Å². The molecule has 29 heavy (non-hydrogen) atoms. The highest BCUT2D eigenvalue weighted by atomic mass is 79.9. The predicted octanol–water partition coefficient (Wildman–Crippen LogP) is 3.72. The molecule has 0 aliphatic carbocycles. The highest BCUT2D eigenvalue weighted by Gasteiger charge is 2.32. The first-order valence-electron chi connectivity index (χ1n) is 8.73. The molecule has 0 bridgehead atoms. The number of nitrogens with zero attached hydrogens (tertiary/aromatic N) is 2. The van der Waals surface area contributed by atoms with E-state index in [1.54, 1.807) is 13.3 Å². The monoisotopic (exact) mass is 474 g/mol. The van der Waals surface area contributed by atoms with Crippen LogP contribution in [0.1, 0.15) is 17.5 Å². The number of amides is 2. The van der Waals surface area contributed by atoms with Gasteiger partial charge in [0.15, 0.2) is 5.17 Å². The van der Waals surface area contributed by atoms with Crippen LogP contribution in [-0.2, 0) is 9.59 Å². The molecule has 1 heterocycles. The van der Waals surface area contributed by atoms with E-state index in [4.69, 9.17) is 4.74 Å². The Morgan fingerprint density at radius 2 is 2.07 bits per heavy atom. The second-order valence-electron chi connectivity index (χ2n) is 6.26. The molecule has 3 rings (SSSR count). The van der Waals surface area contributed by atoms with Gasteiger partial charge in [-0.3, -0.25) is 9.59 Å². The highest BCUT2D eigenvalue weighted by molar-refractivity contribution is 9.10. The van der Waals surface area contributed by atoms with Crippen molar-refractivity contribution in [3.05, 3.63) is 58.1 Å². The maximum absolute atomic E-state index is 12.2. The number of hydrogen-bond donors (Lipinski definition) is 2. The Labute approximate surface area is 181 Å². The van der Waals surface area contributed by atoms with Gasteiger partial charge in [0.2, 0.25) is 11.8 Å². The van der Waals surface area contributed by atoms with Gasteiger partial charge in [0, 0.05) is 12.1 Å². The molecule has 1 fully saturated rings. The second-order valence-corrected chi connectivity index (χ2v) is 8.30. The summed E-state index contributed by atoms with van der Waals surface area (Å²) in [5.74, 6) is 0.239. The van der Waals surface area contributed by atoms with Crippen LogP contribution in [0.5, 0.6) is 5.75 Å². The quantitative estimate of drug-likeness (QED) is 0.492. The standard InChI is InChI=1S/C20H19BrN4O3S/c1-12-3-6-14(7-4-12)23-18(26)10-17-19(27)24-20(29-17)25-22-11-13-5-8-16(28-2)15(21)9-13/h3-9,11,17H,10H2,1-2H3,(H,23,26)(H,24,25,27)/b22-11-/t17-/m1/s1. The average molecular weight is 475 g/mol. The highest BCUT2D eigenvalue weighted by Crippen LogP contribution is 2.25. The zero-order chi connectivity index (χ0) is 20.8. The molecule has 9 heteroatoms. The van der Waals surface area contributed by atoms with Gasteiger partial charge in [-0.05, 0) is 58.7 Å². The Morgan fingerprint density at radius 3 is 2.76 bits per heavy atom. The Bertz CT molecular complexity index is 976. The van der Waals surface area contributed by atoms with E-state index in [-0.39, 0.29) is 18.2 Å². The minimum absolute atomic E-state index is 0.0541. The van der Waals surface area contributed by atoms with Crippen molar-refractivity contribution in [2.45, 2.75) is 18.6 Å². The van der Waals surface area contributed by atoms with E-state index < -0.39 is 5.25 Å². The van der Waals surface area contributed by atoms with Crippen LogP contribution in [0.2, 0.25) is 0 Å². The molecule has 2 aromatic carbocycles. The van der Waals surface area contributed by atoms with E-state index in [1.165, 1.54) is 11.8 Å². The lowest BCUT2D eigenvalue weighted by Crippen LogP contribution is -2.28. The molecule has 0 saturated carbocycles. The summed E-state index contributed by atoms with van der Waals surface area (Å²) in [6, 6.07) is 13.0. The van der Waals surface area contributed by atoms with E-state index in [2.05, 4.69) is 36.8 Å². The second kappa shape index (κ2) is 9.71. The molecule has 0 unspecified atom stereocenters. The number of rotatable bonds is 6. The number of benzene rings is 2. The van der Waals surface area contributed by atoms with Crippen molar-refractivity contribution >= 4 is 56.6 Å². The van der Waals surface area contributed by atoms with Crippen LogP contribution >= 0.6 is 27.7 Å².